The standard InChI is InChI=1S/C17H18ClN3O2/c1-13(22)21(12-14-6-8-19-9-7-14)11-10-20-17(23)15-4-2-3-5-16(15)18/h2-9H,10-12H2,1H3,(H,20,23). The largest absolute Gasteiger partial charge is 0.350 e. The van der Waals surface area contributed by atoms with E-state index < -0.39 is 0 Å². The lowest BCUT2D eigenvalue weighted by atomic mass is 10.2. The highest BCUT2D eigenvalue weighted by Gasteiger charge is 2.12. The van der Waals surface area contributed by atoms with Crippen LogP contribution in [0.5, 0.6) is 0 Å². The number of nitrogens with zero attached hydrogens (tertiary/aromatic N) is 2. The van der Waals surface area contributed by atoms with Crippen molar-refractivity contribution in [2.45, 2.75) is 13.5 Å². The summed E-state index contributed by atoms with van der Waals surface area (Å²) in [6.45, 7) is 2.78. The molecule has 5 nitrogen and oxygen atoms in total. The van der Waals surface area contributed by atoms with Crippen molar-refractivity contribution in [3.05, 3.63) is 64.9 Å². The van der Waals surface area contributed by atoms with Gasteiger partial charge in [-0.1, -0.05) is 23.7 Å². The first-order valence-electron chi connectivity index (χ1n) is 7.25. The molecule has 0 atom stereocenters. The SMILES string of the molecule is CC(=O)N(CCNC(=O)c1ccccc1Cl)Cc1ccncc1. The van der Waals surface area contributed by atoms with Crippen molar-refractivity contribution < 1.29 is 9.59 Å². The lowest BCUT2D eigenvalue weighted by molar-refractivity contribution is -0.129. The third-order valence-electron chi connectivity index (χ3n) is 3.35. The Bertz CT molecular complexity index is 677. The van der Waals surface area contributed by atoms with Crippen LogP contribution < -0.4 is 5.32 Å². The van der Waals surface area contributed by atoms with E-state index in [-0.39, 0.29) is 11.8 Å². The average molecular weight is 332 g/mol. The van der Waals surface area contributed by atoms with Crippen LogP contribution in [-0.4, -0.2) is 34.8 Å². The predicted molar refractivity (Wildman–Crippen MR) is 89.1 cm³/mol. The molecule has 1 heterocycles. The summed E-state index contributed by atoms with van der Waals surface area (Å²) >= 11 is 5.99. The maximum Gasteiger partial charge on any atom is 0.252 e. The number of aromatic nitrogens is 1. The summed E-state index contributed by atoms with van der Waals surface area (Å²) in [6.07, 6.45) is 3.37. The molecule has 2 rings (SSSR count). The van der Waals surface area contributed by atoms with Crippen LogP contribution in [0.15, 0.2) is 48.8 Å². The van der Waals surface area contributed by atoms with E-state index in [9.17, 15) is 9.59 Å². The second-order valence-corrected chi connectivity index (χ2v) is 5.44. The molecule has 0 aliphatic heterocycles. The fraction of sp³-hybridized carbons (Fsp3) is 0.235. The Hall–Kier alpha value is -2.40. The fourth-order valence-corrected chi connectivity index (χ4v) is 2.32. The lowest BCUT2D eigenvalue weighted by Gasteiger charge is -2.21. The molecule has 0 saturated heterocycles. The summed E-state index contributed by atoms with van der Waals surface area (Å²) in [6, 6.07) is 10.6. The van der Waals surface area contributed by atoms with Crippen LogP contribution in [-0.2, 0) is 11.3 Å². The quantitative estimate of drug-likeness (QED) is 0.884. The molecule has 1 aromatic carbocycles. The van der Waals surface area contributed by atoms with Crippen LogP contribution in [0.4, 0.5) is 0 Å². The number of rotatable bonds is 6. The zero-order valence-corrected chi connectivity index (χ0v) is 13.6. The zero-order valence-electron chi connectivity index (χ0n) is 12.8. The van der Waals surface area contributed by atoms with Gasteiger partial charge >= 0.3 is 0 Å². The van der Waals surface area contributed by atoms with Crippen molar-refractivity contribution in [3.63, 3.8) is 0 Å². The van der Waals surface area contributed by atoms with Gasteiger partial charge in [0, 0.05) is 39.0 Å². The highest BCUT2D eigenvalue weighted by molar-refractivity contribution is 6.33. The number of benzene rings is 1. The highest BCUT2D eigenvalue weighted by atomic mass is 35.5. The fourth-order valence-electron chi connectivity index (χ4n) is 2.10. The van der Waals surface area contributed by atoms with E-state index in [0.717, 1.165) is 5.56 Å². The molecule has 2 aromatic rings. The average Bonchev–Trinajstić information content (AvgIpc) is 2.55. The minimum atomic E-state index is -0.247. The van der Waals surface area contributed by atoms with Gasteiger partial charge in [-0.15, -0.1) is 0 Å². The number of carbonyl (C=O) groups excluding carboxylic acids is 2. The summed E-state index contributed by atoms with van der Waals surface area (Å²) in [4.78, 5) is 29.4. The van der Waals surface area contributed by atoms with Gasteiger partial charge < -0.3 is 10.2 Å². The van der Waals surface area contributed by atoms with Gasteiger partial charge in [-0.25, -0.2) is 0 Å². The summed E-state index contributed by atoms with van der Waals surface area (Å²) in [5.74, 6) is -0.295. The van der Waals surface area contributed by atoms with Gasteiger partial charge in [0.05, 0.1) is 10.6 Å². The van der Waals surface area contributed by atoms with Gasteiger partial charge in [-0.05, 0) is 29.8 Å². The molecule has 1 aromatic heterocycles. The molecule has 0 bridgehead atoms. The molecule has 0 saturated carbocycles. The molecular weight excluding hydrogens is 314 g/mol. The van der Waals surface area contributed by atoms with Crippen molar-refractivity contribution in [1.29, 1.82) is 0 Å². The summed E-state index contributed by atoms with van der Waals surface area (Å²) in [5.41, 5.74) is 1.42. The maximum absolute atomic E-state index is 12.1. The first kappa shape index (κ1) is 17.0. The van der Waals surface area contributed by atoms with Gasteiger partial charge in [0.15, 0.2) is 0 Å². The molecule has 1 N–H and O–H groups in total. The van der Waals surface area contributed by atoms with Crippen LogP contribution in [0.1, 0.15) is 22.8 Å². The van der Waals surface area contributed by atoms with E-state index >= 15 is 0 Å². The van der Waals surface area contributed by atoms with Gasteiger partial charge in [0.2, 0.25) is 5.91 Å². The van der Waals surface area contributed by atoms with Crippen molar-refractivity contribution in [2.24, 2.45) is 0 Å². The Labute approximate surface area is 140 Å². The van der Waals surface area contributed by atoms with Crippen molar-refractivity contribution >= 4 is 23.4 Å². The summed E-state index contributed by atoms with van der Waals surface area (Å²) in [5, 5.41) is 3.19. The van der Waals surface area contributed by atoms with Crippen LogP contribution in [0.25, 0.3) is 0 Å². The van der Waals surface area contributed by atoms with Crippen LogP contribution in [0, 0.1) is 0 Å². The molecule has 0 radical (unpaired) electrons. The Morgan fingerprint density at radius 2 is 1.87 bits per heavy atom. The first-order chi connectivity index (χ1) is 11.1. The molecule has 0 unspecified atom stereocenters. The van der Waals surface area contributed by atoms with E-state index in [1.807, 2.05) is 12.1 Å². The molecular formula is C17H18ClN3O2. The van der Waals surface area contributed by atoms with Crippen LogP contribution in [0.2, 0.25) is 5.02 Å². The summed E-state index contributed by atoms with van der Waals surface area (Å²) in [7, 11) is 0. The molecule has 0 spiro atoms. The minimum absolute atomic E-state index is 0.0474. The third kappa shape index (κ3) is 5.07. The van der Waals surface area contributed by atoms with E-state index in [0.29, 0.717) is 30.2 Å². The normalized spacial score (nSPS) is 10.2. The van der Waals surface area contributed by atoms with Crippen LogP contribution in [0.3, 0.4) is 0 Å². The lowest BCUT2D eigenvalue weighted by Crippen LogP contribution is -2.37. The van der Waals surface area contributed by atoms with E-state index in [4.69, 9.17) is 11.6 Å². The van der Waals surface area contributed by atoms with E-state index in [2.05, 4.69) is 10.3 Å². The number of nitrogens with one attached hydrogen (secondary N) is 1. The third-order valence-corrected chi connectivity index (χ3v) is 3.68. The number of amides is 2. The number of halogens is 1. The monoisotopic (exact) mass is 331 g/mol. The molecule has 2 amide bonds. The number of carbonyl (C=O) groups is 2. The van der Waals surface area contributed by atoms with Crippen molar-refractivity contribution in [2.75, 3.05) is 13.1 Å². The molecule has 6 heteroatoms. The van der Waals surface area contributed by atoms with Gasteiger partial charge in [0.1, 0.15) is 0 Å². The topological polar surface area (TPSA) is 62.3 Å². The first-order valence-corrected chi connectivity index (χ1v) is 7.63. The number of pyridine rings is 1. The van der Waals surface area contributed by atoms with E-state index in [1.54, 1.807) is 41.6 Å². The molecule has 120 valence electrons. The van der Waals surface area contributed by atoms with Crippen LogP contribution >= 0.6 is 11.6 Å². The molecule has 23 heavy (non-hydrogen) atoms. The van der Waals surface area contributed by atoms with Gasteiger partial charge in [-0.2, -0.15) is 0 Å². The van der Waals surface area contributed by atoms with E-state index in [1.165, 1.54) is 6.92 Å². The Morgan fingerprint density at radius 3 is 2.52 bits per heavy atom. The highest BCUT2D eigenvalue weighted by Crippen LogP contribution is 2.14. The Balaban J connectivity index is 1.88. The molecule has 0 aliphatic carbocycles. The van der Waals surface area contributed by atoms with Gasteiger partial charge in [0.25, 0.3) is 5.91 Å². The smallest absolute Gasteiger partial charge is 0.252 e. The van der Waals surface area contributed by atoms with Gasteiger partial charge in [-0.3, -0.25) is 14.6 Å². The van der Waals surface area contributed by atoms with Crippen molar-refractivity contribution in [3.8, 4) is 0 Å². The second kappa shape index (κ2) is 8.29. The second-order valence-electron chi connectivity index (χ2n) is 5.03. The van der Waals surface area contributed by atoms with Crippen molar-refractivity contribution in [1.82, 2.24) is 15.2 Å². The zero-order chi connectivity index (χ0) is 16.7. The number of hydrogen-bond acceptors (Lipinski definition) is 3. The summed E-state index contributed by atoms with van der Waals surface area (Å²) < 4.78 is 0. The molecule has 0 aliphatic rings. The molecule has 0 fully saturated rings. The minimum Gasteiger partial charge on any atom is -0.350 e. The number of hydrogen-bond donors (Lipinski definition) is 1. The Morgan fingerprint density at radius 1 is 1.17 bits per heavy atom. The Kier molecular flexibility index (Phi) is 6.11. The maximum atomic E-state index is 12.1. The predicted octanol–water partition coefficient (Wildman–Crippen LogP) is 2.51.